The quantitative estimate of drug-likeness (QED) is 0.237. The molecule has 0 spiro atoms. The number of likely N-dealkylation sites (tertiary alicyclic amines) is 1. The van der Waals surface area contributed by atoms with E-state index in [1.165, 1.54) is 11.0 Å². The number of hydrogen-bond acceptors (Lipinski definition) is 6. The van der Waals surface area contributed by atoms with Gasteiger partial charge in [-0.3, -0.25) is 9.59 Å². The highest BCUT2D eigenvalue weighted by Crippen LogP contribution is 2.42. The first kappa shape index (κ1) is 24.6. The van der Waals surface area contributed by atoms with E-state index in [-0.39, 0.29) is 35.5 Å². The van der Waals surface area contributed by atoms with Gasteiger partial charge in [0, 0.05) is 23.7 Å². The number of aromatic hydroxyl groups is 1. The Kier molecular flexibility index (Phi) is 8.00. The highest BCUT2D eigenvalue weighted by molar-refractivity contribution is 6.46. The van der Waals surface area contributed by atoms with Crippen molar-refractivity contribution in [2.45, 2.75) is 39.3 Å². The molecule has 2 aromatic carbocycles. The minimum Gasteiger partial charge on any atom is -0.507 e. The normalized spacial score (nSPS) is 17.7. The second kappa shape index (κ2) is 10.7. The number of phenols is 1. The third kappa shape index (κ3) is 5.49. The van der Waals surface area contributed by atoms with E-state index in [0.29, 0.717) is 35.8 Å². The van der Waals surface area contributed by atoms with E-state index in [1.807, 2.05) is 13.8 Å². The first-order chi connectivity index (χ1) is 15.7. The largest absolute Gasteiger partial charge is 0.507 e. The zero-order valence-corrected chi connectivity index (χ0v) is 19.6. The number of nitrogens with zero attached hydrogens (tertiary/aromatic N) is 1. The zero-order valence-electron chi connectivity index (χ0n) is 18.9. The highest BCUT2D eigenvalue weighted by Gasteiger charge is 2.46. The molecule has 0 aromatic heterocycles. The number of hydrogen-bond donors (Lipinski definition) is 2. The van der Waals surface area contributed by atoms with Crippen LogP contribution >= 0.6 is 11.6 Å². The topological polar surface area (TPSA) is 96.3 Å². The van der Waals surface area contributed by atoms with Crippen molar-refractivity contribution >= 4 is 29.1 Å². The maximum Gasteiger partial charge on any atom is 0.295 e. The Morgan fingerprint density at radius 1 is 1.15 bits per heavy atom. The van der Waals surface area contributed by atoms with Crippen LogP contribution in [0.1, 0.15) is 44.4 Å². The average molecular weight is 474 g/mol. The summed E-state index contributed by atoms with van der Waals surface area (Å²) in [7, 11) is 0. The summed E-state index contributed by atoms with van der Waals surface area (Å²) in [5.74, 6) is -1.59. The first-order valence-corrected chi connectivity index (χ1v) is 11.2. The molecular formula is C25H28ClNO6. The van der Waals surface area contributed by atoms with E-state index in [4.69, 9.17) is 21.1 Å². The van der Waals surface area contributed by atoms with Crippen molar-refractivity contribution in [1.29, 1.82) is 0 Å². The summed E-state index contributed by atoms with van der Waals surface area (Å²) >= 11 is 5.95. The van der Waals surface area contributed by atoms with Crippen LogP contribution in [-0.4, -0.2) is 52.7 Å². The number of halogens is 1. The van der Waals surface area contributed by atoms with Gasteiger partial charge in [0.05, 0.1) is 24.3 Å². The van der Waals surface area contributed by atoms with Gasteiger partial charge in [-0.15, -0.1) is 0 Å². The number of rotatable bonds is 9. The summed E-state index contributed by atoms with van der Waals surface area (Å²) in [6, 6.07) is 10.2. The van der Waals surface area contributed by atoms with E-state index in [1.54, 1.807) is 43.3 Å². The van der Waals surface area contributed by atoms with Crippen LogP contribution in [0.4, 0.5) is 0 Å². The maximum atomic E-state index is 13.1. The van der Waals surface area contributed by atoms with E-state index < -0.39 is 17.7 Å². The second-order valence-corrected chi connectivity index (χ2v) is 8.37. The van der Waals surface area contributed by atoms with Crippen LogP contribution in [0, 0.1) is 0 Å². The van der Waals surface area contributed by atoms with Crippen LogP contribution in [0.2, 0.25) is 5.02 Å². The Labute approximate surface area is 198 Å². The van der Waals surface area contributed by atoms with Gasteiger partial charge in [0.2, 0.25) is 0 Å². The van der Waals surface area contributed by atoms with Crippen molar-refractivity contribution in [1.82, 2.24) is 4.90 Å². The number of ether oxygens (including phenoxy) is 2. The number of carbonyl (C=O) groups is 2. The van der Waals surface area contributed by atoms with Gasteiger partial charge < -0.3 is 24.6 Å². The van der Waals surface area contributed by atoms with Crippen LogP contribution in [0.5, 0.6) is 11.5 Å². The summed E-state index contributed by atoms with van der Waals surface area (Å²) in [6.45, 7) is 6.63. The molecule has 3 rings (SSSR count). The summed E-state index contributed by atoms with van der Waals surface area (Å²) in [6.07, 6.45) is 0.561. The number of aliphatic hydroxyl groups is 1. The standard InChI is InChI=1S/C25H28ClNO6/c1-4-32-20-14-17(8-11-19(20)28)22-21(23(29)16-6-9-18(26)10-7-16)24(30)25(31)27(22)12-5-13-33-15(2)3/h6-11,14-15,22,28-29H,4-5,12-13H2,1-3H3/t22-/m0/s1. The van der Waals surface area contributed by atoms with Crippen LogP contribution in [0.25, 0.3) is 5.76 Å². The van der Waals surface area contributed by atoms with Crippen molar-refractivity contribution in [2.75, 3.05) is 19.8 Å². The van der Waals surface area contributed by atoms with E-state index in [2.05, 4.69) is 0 Å². The zero-order chi connectivity index (χ0) is 24.1. The van der Waals surface area contributed by atoms with Gasteiger partial charge in [-0.1, -0.05) is 17.7 Å². The van der Waals surface area contributed by atoms with Crippen molar-refractivity contribution in [3.8, 4) is 11.5 Å². The Balaban J connectivity index is 2.07. The number of carbonyl (C=O) groups excluding carboxylic acids is 2. The second-order valence-electron chi connectivity index (χ2n) is 7.93. The number of phenolic OH excluding ortho intramolecular Hbond substituents is 1. The molecule has 0 saturated carbocycles. The molecule has 0 aliphatic carbocycles. The molecule has 8 heteroatoms. The molecule has 1 aliphatic rings. The number of benzene rings is 2. The molecular weight excluding hydrogens is 446 g/mol. The molecule has 0 bridgehead atoms. The summed E-state index contributed by atoms with van der Waals surface area (Å²) in [5.41, 5.74) is 0.880. The van der Waals surface area contributed by atoms with Gasteiger partial charge in [0.15, 0.2) is 11.5 Å². The molecule has 1 atom stereocenters. The smallest absolute Gasteiger partial charge is 0.295 e. The monoisotopic (exact) mass is 473 g/mol. The summed E-state index contributed by atoms with van der Waals surface area (Å²) < 4.78 is 11.1. The van der Waals surface area contributed by atoms with Gasteiger partial charge >= 0.3 is 0 Å². The van der Waals surface area contributed by atoms with E-state index in [9.17, 15) is 19.8 Å². The highest BCUT2D eigenvalue weighted by atomic mass is 35.5. The lowest BCUT2D eigenvalue weighted by Gasteiger charge is -2.26. The third-order valence-corrected chi connectivity index (χ3v) is 5.50. The van der Waals surface area contributed by atoms with Gasteiger partial charge in [0.25, 0.3) is 11.7 Å². The summed E-state index contributed by atoms with van der Waals surface area (Å²) in [5, 5.41) is 21.7. The fourth-order valence-corrected chi connectivity index (χ4v) is 3.87. The lowest BCUT2D eigenvalue weighted by atomic mass is 9.95. The Bertz CT molecular complexity index is 1050. The molecule has 1 amide bonds. The molecule has 7 nitrogen and oxygen atoms in total. The SMILES string of the molecule is CCOc1cc([C@H]2C(=C(O)c3ccc(Cl)cc3)C(=O)C(=O)N2CCCOC(C)C)ccc1O. The Hall–Kier alpha value is -3.03. The minimum atomic E-state index is -0.848. The maximum absolute atomic E-state index is 13.1. The number of aliphatic hydroxyl groups excluding tert-OH is 1. The van der Waals surface area contributed by atoms with Crippen LogP contribution in [0.3, 0.4) is 0 Å². The first-order valence-electron chi connectivity index (χ1n) is 10.9. The molecule has 1 fully saturated rings. The molecule has 176 valence electrons. The molecule has 1 saturated heterocycles. The third-order valence-electron chi connectivity index (χ3n) is 5.25. The Morgan fingerprint density at radius 3 is 2.48 bits per heavy atom. The fourth-order valence-electron chi connectivity index (χ4n) is 3.75. The van der Waals surface area contributed by atoms with Crippen LogP contribution in [0.15, 0.2) is 48.0 Å². The average Bonchev–Trinajstić information content (AvgIpc) is 3.03. The summed E-state index contributed by atoms with van der Waals surface area (Å²) in [4.78, 5) is 27.5. The van der Waals surface area contributed by atoms with Crippen molar-refractivity contribution in [3.63, 3.8) is 0 Å². The van der Waals surface area contributed by atoms with Gasteiger partial charge in [-0.2, -0.15) is 0 Å². The number of Topliss-reactive ketones (excluding diaryl/α,β-unsaturated/α-hetero) is 1. The van der Waals surface area contributed by atoms with Gasteiger partial charge in [-0.25, -0.2) is 0 Å². The van der Waals surface area contributed by atoms with Crippen LogP contribution in [-0.2, 0) is 14.3 Å². The van der Waals surface area contributed by atoms with Crippen molar-refractivity contribution < 1.29 is 29.3 Å². The van der Waals surface area contributed by atoms with Gasteiger partial charge in [0.1, 0.15) is 5.76 Å². The lowest BCUT2D eigenvalue weighted by molar-refractivity contribution is -0.140. The fraction of sp³-hybridized carbons (Fsp3) is 0.360. The molecule has 2 N–H and O–H groups in total. The molecule has 1 heterocycles. The van der Waals surface area contributed by atoms with E-state index in [0.717, 1.165) is 0 Å². The molecule has 1 aliphatic heterocycles. The molecule has 33 heavy (non-hydrogen) atoms. The van der Waals surface area contributed by atoms with Gasteiger partial charge in [-0.05, 0) is 69.2 Å². The predicted molar refractivity (Wildman–Crippen MR) is 125 cm³/mol. The molecule has 0 unspecified atom stereocenters. The molecule has 2 aromatic rings. The minimum absolute atomic E-state index is 0.0276. The van der Waals surface area contributed by atoms with Crippen molar-refractivity contribution in [2.24, 2.45) is 0 Å². The predicted octanol–water partition coefficient (Wildman–Crippen LogP) is 4.68. The Morgan fingerprint density at radius 2 is 1.85 bits per heavy atom. The number of ketones is 1. The van der Waals surface area contributed by atoms with E-state index >= 15 is 0 Å². The van der Waals surface area contributed by atoms with Crippen molar-refractivity contribution in [3.05, 3.63) is 64.2 Å². The molecule has 0 radical (unpaired) electrons. The van der Waals surface area contributed by atoms with Crippen LogP contribution < -0.4 is 4.74 Å². The number of amides is 1. The lowest BCUT2D eigenvalue weighted by Crippen LogP contribution is -2.31.